The normalized spacial score (nSPS) is 19.1. The summed E-state index contributed by atoms with van der Waals surface area (Å²) >= 11 is 1.73. The Hall–Kier alpha value is -3.16. The van der Waals surface area contributed by atoms with E-state index in [9.17, 15) is 9.59 Å². The summed E-state index contributed by atoms with van der Waals surface area (Å²) < 4.78 is 11.9. The number of para-hydroxylation sites is 1. The topological polar surface area (TPSA) is 59.1 Å². The predicted octanol–water partition coefficient (Wildman–Crippen LogP) is 4.88. The molecule has 0 aliphatic carbocycles. The first-order chi connectivity index (χ1) is 17.6. The highest BCUT2D eigenvalue weighted by atomic mass is 32.1. The Balaban J connectivity index is 1.35. The van der Waals surface area contributed by atoms with Crippen LogP contribution in [0.25, 0.3) is 0 Å². The van der Waals surface area contributed by atoms with Crippen molar-refractivity contribution >= 4 is 23.2 Å². The van der Waals surface area contributed by atoms with E-state index >= 15 is 0 Å². The summed E-state index contributed by atoms with van der Waals surface area (Å²) in [5.41, 5.74) is 2.83. The molecule has 0 N–H and O–H groups in total. The number of fused-ring (bicyclic) bond motifs is 1. The fraction of sp³-hybridized carbons (Fsp3) is 0.379. The largest absolute Gasteiger partial charge is 0.491 e. The van der Waals surface area contributed by atoms with E-state index in [0.29, 0.717) is 31.9 Å². The number of carbonyl (C=O) groups is 2. The van der Waals surface area contributed by atoms with E-state index in [1.807, 2.05) is 66.4 Å². The van der Waals surface area contributed by atoms with Gasteiger partial charge in [-0.2, -0.15) is 0 Å². The second-order valence-corrected chi connectivity index (χ2v) is 10.5. The van der Waals surface area contributed by atoms with E-state index in [0.717, 1.165) is 36.1 Å². The van der Waals surface area contributed by atoms with Gasteiger partial charge in [0.15, 0.2) is 0 Å². The third-order valence-corrected chi connectivity index (χ3v) is 7.92. The van der Waals surface area contributed by atoms with Gasteiger partial charge in [-0.25, -0.2) is 0 Å². The zero-order chi connectivity index (χ0) is 24.9. The number of thiophene rings is 1. The fourth-order valence-electron chi connectivity index (χ4n) is 4.95. The number of rotatable bonds is 8. The fourth-order valence-corrected chi connectivity index (χ4v) is 5.88. The van der Waals surface area contributed by atoms with Crippen molar-refractivity contribution in [3.8, 4) is 5.75 Å². The van der Waals surface area contributed by atoms with Gasteiger partial charge < -0.3 is 19.3 Å². The Kier molecular flexibility index (Phi) is 7.68. The molecule has 0 saturated carbocycles. The smallest absolute Gasteiger partial charge is 0.254 e. The van der Waals surface area contributed by atoms with Crippen LogP contribution in [-0.4, -0.2) is 60.6 Å². The lowest BCUT2D eigenvalue weighted by Gasteiger charge is -2.37. The van der Waals surface area contributed by atoms with Crippen LogP contribution in [0, 0.1) is 6.92 Å². The summed E-state index contributed by atoms with van der Waals surface area (Å²) in [5, 5.41) is 2.08. The number of nitrogens with zero attached hydrogens (tertiary/aromatic N) is 2. The summed E-state index contributed by atoms with van der Waals surface area (Å²) in [6.45, 7) is 4.12. The van der Waals surface area contributed by atoms with Crippen molar-refractivity contribution in [2.45, 2.75) is 38.3 Å². The molecule has 1 aromatic heterocycles. The molecule has 2 aromatic carbocycles. The highest BCUT2D eigenvalue weighted by Crippen LogP contribution is 2.34. The number of carbonyl (C=O) groups excluding carboxylic acids is 2. The molecule has 0 radical (unpaired) electrons. The van der Waals surface area contributed by atoms with E-state index < -0.39 is 0 Å². The first kappa shape index (κ1) is 24.5. The molecule has 6 nitrogen and oxygen atoms in total. The van der Waals surface area contributed by atoms with Crippen LogP contribution < -0.4 is 4.74 Å². The van der Waals surface area contributed by atoms with Crippen LogP contribution in [-0.2, 0) is 16.0 Å². The summed E-state index contributed by atoms with van der Waals surface area (Å²) in [4.78, 5) is 32.1. The maximum Gasteiger partial charge on any atom is 0.254 e. The summed E-state index contributed by atoms with van der Waals surface area (Å²) in [7, 11) is 0. The van der Waals surface area contributed by atoms with Crippen LogP contribution in [0.15, 0.2) is 66.0 Å². The van der Waals surface area contributed by atoms with Gasteiger partial charge in [-0.3, -0.25) is 9.59 Å². The van der Waals surface area contributed by atoms with Gasteiger partial charge in [-0.15, -0.1) is 11.3 Å². The van der Waals surface area contributed by atoms with Gasteiger partial charge in [0, 0.05) is 30.1 Å². The Morgan fingerprint density at radius 1 is 1.11 bits per heavy atom. The molecule has 1 saturated heterocycles. The van der Waals surface area contributed by atoms with Crippen LogP contribution in [0.4, 0.5) is 0 Å². The van der Waals surface area contributed by atoms with Crippen LogP contribution in [0.2, 0.25) is 0 Å². The third-order valence-electron chi connectivity index (χ3n) is 6.93. The molecule has 2 amide bonds. The van der Waals surface area contributed by atoms with Gasteiger partial charge in [0.2, 0.25) is 5.91 Å². The van der Waals surface area contributed by atoms with E-state index in [4.69, 9.17) is 9.47 Å². The van der Waals surface area contributed by atoms with E-state index in [-0.39, 0.29) is 30.5 Å². The van der Waals surface area contributed by atoms with Gasteiger partial charge in [0.25, 0.3) is 5.91 Å². The van der Waals surface area contributed by atoms with E-state index in [2.05, 4.69) is 11.4 Å². The minimum Gasteiger partial charge on any atom is -0.491 e. The lowest BCUT2D eigenvalue weighted by atomic mass is 10.00. The van der Waals surface area contributed by atoms with Crippen molar-refractivity contribution < 1.29 is 19.1 Å². The van der Waals surface area contributed by atoms with Crippen molar-refractivity contribution in [3.05, 3.63) is 87.6 Å². The molecule has 7 heteroatoms. The van der Waals surface area contributed by atoms with Crippen molar-refractivity contribution in [2.24, 2.45) is 0 Å². The molecule has 2 aliphatic heterocycles. The standard InChI is InChI=1S/C29H32N2O4S/c1-21-9-11-22(12-10-21)29(33)30(18-24-8-5-16-34-24)19-28(32)31-15-13-27-25(14-17-36-27)26(31)20-35-23-6-3-2-4-7-23/h2-4,6-7,9-12,14,17,24,26H,5,8,13,15-16,18-20H2,1H3/t24-,26-/m1/s1. The quantitative estimate of drug-likeness (QED) is 0.439. The van der Waals surface area contributed by atoms with E-state index in [1.54, 1.807) is 16.2 Å². The first-order valence-electron chi connectivity index (χ1n) is 12.6. The van der Waals surface area contributed by atoms with Crippen molar-refractivity contribution in [3.63, 3.8) is 0 Å². The molecule has 36 heavy (non-hydrogen) atoms. The average molecular weight is 505 g/mol. The number of benzene rings is 2. The maximum atomic E-state index is 13.8. The zero-order valence-corrected chi connectivity index (χ0v) is 21.4. The number of aryl methyl sites for hydroxylation is 1. The summed E-state index contributed by atoms with van der Waals surface area (Å²) in [6, 6.07) is 19.1. The van der Waals surface area contributed by atoms with Crippen molar-refractivity contribution in [2.75, 3.05) is 32.8 Å². The van der Waals surface area contributed by atoms with Gasteiger partial charge in [0.1, 0.15) is 18.9 Å². The van der Waals surface area contributed by atoms with Crippen LogP contribution in [0.3, 0.4) is 0 Å². The molecule has 3 heterocycles. The molecule has 5 rings (SSSR count). The van der Waals surface area contributed by atoms with E-state index in [1.165, 1.54) is 4.88 Å². The Morgan fingerprint density at radius 3 is 2.67 bits per heavy atom. The second kappa shape index (κ2) is 11.3. The van der Waals surface area contributed by atoms with Crippen molar-refractivity contribution in [1.29, 1.82) is 0 Å². The van der Waals surface area contributed by atoms with Gasteiger partial charge in [-0.1, -0.05) is 35.9 Å². The highest BCUT2D eigenvalue weighted by Gasteiger charge is 2.34. The molecule has 0 spiro atoms. The first-order valence-corrected chi connectivity index (χ1v) is 13.5. The predicted molar refractivity (Wildman–Crippen MR) is 140 cm³/mol. The lowest BCUT2D eigenvalue weighted by molar-refractivity contribution is -0.135. The highest BCUT2D eigenvalue weighted by molar-refractivity contribution is 7.10. The SMILES string of the molecule is Cc1ccc(C(=O)N(CC(=O)N2CCc3sccc3[C@H]2COc2ccccc2)C[C@H]2CCCO2)cc1. The minimum atomic E-state index is -0.188. The molecular formula is C29H32N2O4S. The molecule has 1 fully saturated rings. The molecule has 2 atom stereocenters. The monoisotopic (exact) mass is 504 g/mol. The number of ether oxygens (including phenoxy) is 2. The van der Waals surface area contributed by atoms with Gasteiger partial charge >= 0.3 is 0 Å². The van der Waals surface area contributed by atoms with Crippen molar-refractivity contribution in [1.82, 2.24) is 9.80 Å². The number of amides is 2. The Labute approximate surface area is 216 Å². The molecular weight excluding hydrogens is 472 g/mol. The minimum absolute atomic E-state index is 0.0217. The summed E-state index contributed by atoms with van der Waals surface area (Å²) in [5.74, 6) is 0.581. The Bertz CT molecular complexity index is 1170. The van der Waals surface area contributed by atoms with Gasteiger partial charge in [0.05, 0.1) is 12.1 Å². The molecule has 0 unspecified atom stereocenters. The zero-order valence-electron chi connectivity index (χ0n) is 20.6. The van der Waals surface area contributed by atoms with Crippen LogP contribution in [0.1, 0.15) is 45.2 Å². The molecule has 0 bridgehead atoms. The summed E-state index contributed by atoms with van der Waals surface area (Å²) in [6.07, 6.45) is 2.67. The van der Waals surface area contributed by atoms with Crippen LogP contribution >= 0.6 is 11.3 Å². The molecule has 188 valence electrons. The third kappa shape index (κ3) is 5.63. The molecule has 3 aromatic rings. The molecule has 2 aliphatic rings. The lowest BCUT2D eigenvalue weighted by Crippen LogP contribution is -2.49. The Morgan fingerprint density at radius 2 is 1.92 bits per heavy atom. The average Bonchev–Trinajstić information content (AvgIpc) is 3.59. The second-order valence-electron chi connectivity index (χ2n) is 9.46. The van der Waals surface area contributed by atoms with Crippen LogP contribution in [0.5, 0.6) is 5.75 Å². The van der Waals surface area contributed by atoms with Gasteiger partial charge in [-0.05, 0) is 67.5 Å². The maximum absolute atomic E-state index is 13.8. The number of hydrogen-bond donors (Lipinski definition) is 0. The number of hydrogen-bond acceptors (Lipinski definition) is 5.